The van der Waals surface area contributed by atoms with Gasteiger partial charge in [0, 0.05) is 38.9 Å². The van der Waals surface area contributed by atoms with E-state index in [2.05, 4.69) is 9.88 Å². The highest BCUT2D eigenvalue weighted by molar-refractivity contribution is 5.97. The number of carbonyl (C=O) groups is 1. The first kappa shape index (κ1) is 12.4. The molecule has 1 aromatic heterocycles. The molecule has 0 unspecified atom stereocenters. The number of aromatic nitrogens is 1. The molecule has 0 bridgehead atoms. The number of hydrogen-bond donors (Lipinski definition) is 1. The summed E-state index contributed by atoms with van der Waals surface area (Å²) in [5.74, 6) is 0.873. The first-order valence-corrected chi connectivity index (χ1v) is 6.96. The Bertz CT molecular complexity index is 464. The summed E-state index contributed by atoms with van der Waals surface area (Å²) in [6.45, 7) is 4.70. The minimum Gasteiger partial charge on any atom is -0.397 e. The van der Waals surface area contributed by atoms with Crippen molar-refractivity contribution >= 4 is 11.6 Å². The monoisotopic (exact) mass is 260 g/mol. The lowest BCUT2D eigenvalue weighted by Crippen LogP contribution is -2.49. The number of carbonyl (C=O) groups excluding carboxylic acids is 1. The Labute approximate surface area is 113 Å². The Morgan fingerprint density at radius 3 is 2.68 bits per heavy atom. The van der Waals surface area contributed by atoms with Crippen molar-refractivity contribution in [3.63, 3.8) is 0 Å². The molecular formula is C14H20N4O. The summed E-state index contributed by atoms with van der Waals surface area (Å²) in [6.07, 6.45) is 4.38. The maximum atomic E-state index is 12.3. The van der Waals surface area contributed by atoms with Gasteiger partial charge in [-0.25, -0.2) is 4.98 Å². The predicted molar refractivity (Wildman–Crippen MR) is 73.7 cm³/mol. The van der Waals surface area contributed by atoms with Crippen molar-refractivity contribution in [3.05, 3.63) is 24.0 Å². The lowest BCUT2D eigenvalue weighted by molar-refractivity contribution is 0.0627. The van der Waals surface area contributed by atoms with Crippen LogP contribution in [-0.4, -0.2) is 53.4 Å². The molecule has 102 valence electrons. The van der Waals surface area contributed by atoms with E-state index in [4.69, 9.17) is 5.73 Å². The Morgan fingerprint density at radius 2 is 2.05 bits per heavy atom. The molecule has 5 heteroatoms. The summed E-state index contributed by atoms with van der Waals surface area (Å²) < 4.78 is 0. The van der Waals surface area contributed by atoms with E-state index in [9.17, 15) is 4.79 Å². The molecule has 0 atom stereocenters. The van der Waals surface area contributed by atoms with E-state index in [0.717, 1.165) is 32.1 Å². The van der Waals surface area contributed by atoms with Gasteiger partial charge in [0.15, 0.2) is 5.69 Å². The zero-order valence-corrected chi connectivity index (χ0v) is 11.1. The van der Waals surface area contributed by atoms with Gasteiger partial charge in [0.05, 0.1) is 5.69 Å². The minimum absolute atomic E-state index is 0.0378. The fourth-order valence-electron chi connectivity index (χ4n) is 2.55. The van der Waals surface area contributed by atoms with E-state index in [0.29, 0.717) is 11.4 Å². The van der Waals surface area contributed by atoms with Gasteiger partial charge < -0.3 is 10.6 Å². The van der Waals surface area contributed by atoms with E-state index in [1.54, 1.807) is 18.3 Å². The van der Waals surface area contributed by atoms with Crippen molar-refractivity contribution in [3.8, 4) is 0 Å². The molecule has 2 heterocycles. The third kappa shape index (κ3) is 2.87. The second-order valence-electron chi connectivity index (χ2n) is 5.48. The normalized spacial score (nSPS) is 20.5. The van der Waals surface area contributed by atoms with Crippen LogP contribution >= 0.6 is 0 Å². The molecule has 1 saturated carbocycles. The number of nitrogens with zero attached hydrogens (tertiary/aromatic N) is 3. The van der Waals surface area contributed by atoms with Crippen LogP contribution in [0.3, 0.4) is 0 Å². The summed E-state index contributed by atoms with van der Waals surface area (Å²) in [5.41, 5.74) is 6.66. The number of piperazine rings is 1. The Morgan fingerprint density at radius 1 is 1.32 bits per heavy atom. The quantitative estimate of drug-likeness (QED) is 0.874. The maximum Gasteiger partial charge on any atom is 0.274 e. The Balaban J connectivity index is 1.58. The average molecular weight is 260 g/mol. The second-order valence-corrected chi connectivity index (χ2v) is 5.48. The van der Waals surface area contributed by atoms with Crippen LogP contribution in [0.5, 0.6) is 0 Å². The predicted octanol–water partition coefficient (Wildman–Crippen LogP) is 0.832. The lowest BCUT2D eigenvalue weighted by atomic mass is 10.2. The van der Waals surface area contributed by atoms with Crippen molar-refractivity contribution in [1.29, 1.82) is 0 Å². The van der Waals surface area contributed by atoms with Crippen LogP contribution in [0.4, 0.5) is 5.69 Å². The fraction of sp³-hybridized carbons (Fsp3) is 0.571. The molecule has 0 spiro atoms. The van der Waals surface area contributed by atoms with Crippen molar-refractivity contribution in [1.82, 2.24) is 14.8 Å². The largest absolute Gasteiger partial charge is 0.397 e. The van der Waals surface area contributed by atoms with Gasteiger partial charge in [-0.3, -0.25) is 9.69 Å². The van der Waals surface area contributed by atoms with Gasteiger partial charge in [-0.2, -0.15) is 0 Å². The molecule has 1 aliphatic heterocycles. The van der Waals surface area contributed by atoms with Crippen molar-refractivity contribution in [2.45, 2.75) is 12.8 Å². The zero-order valence-electron chi connectivity index (χ0n) is 11.1. The van der Waals surface area contributed by atoms with Gasteiger partial charge >= 0.3 is 0 Å². The minimum atomic E-state index is -0.0378. The van der Waals surface area contributed by atoms with Crippen LogP contribution in [0.2, 0.25) is 0 Å². The van der Waals surface area contributed by atoms with E-state index in [-0.39, 0.29) is 5.91 Å². The van der Waals surface area contributed by atoms with Crippen LogP contribution in [-0.2, 0) is 0 Å². The van der Waals surface area contributed by atoms with Crippen molar-refractivity contribution in [2.75, 3.05) is 38.5 Å². The molecule has 1 saturated heterocycles. The number of rotatable bonds is 3. The molecule has 0 aromatic carbocycles. The van der Waals surface area contributed by atoms with Gasteiger partial charge in [-0.1, -0.05) is 0 Å². The van der Waals surface area contributed by atoms with Gasteiger partial charge in [0.25, 0.3) is 5.91 Å². The van der Waals surface area contributed by atoms with Crippen LogP contribution in [0.25, 0.3) is 0 Å². The number of hydrogen-bond acceptors (Lipinski definition) is 4. The standard InChI is InChI=1S/C14H20N4O/c15-12-2-1-5-16-13(12)14(19)18-8-6-17(7-9-18)10-11-3-4-11/h1-2,5,11H,3-4,6-10,15H2. The SMILES string of the molecule is Nc1cccnc1C(=O)N1CCN(CC2CC2)CC1. The van der Waals surface area contributed by atoms with Crippen molar-refractivity contribution < 1.29 is 4.79 Å². The number of pyridine rings is 1. The van der Waals surface area contributed by atoms with Gasteiger partial charge in [-0.15, -0.1) is 0 Å². The third-order valence-electron chi connectivity index (χ3n) is 3.91. The highest BCUT2D eigenvalue weighted by atomic mass is 16.2. The molecule has 2 N–H and O–H groups in total. The van der Waals surface area contributed by atoms with Gasteiger partial charge in [0.2, 0.25) is 0 Å². The smallest absolute Gasteiger partial charge is 0.274 e. The fourth-order valence-corrected chi connectivity index (χ4v) is 2.55. The molecule has 3 rings (SSSR count). The topological polar surface area (TPSA) is 62.5 Å². The number of anilines is 1. The summed E-state index contributed by atoms with van der Waals surface area (Å²) in [4.78, 5) is 20.8. The molecule has 1 amide bonds. The molecule has 2 fully saturated rings. The number of nitrogens with two attached hydrogens (primary N) is 1. The maximum absolute atomic E-state index is 12.3. The first-order valence-electron chi connectivity index (χ1n) is 6.96. The molecule has 19 heavy (non-hydrogen) atoms. The summed E-state index contributed by atoms with van der Waals surface area (Å²) >= 11 is 0. The summed E-state index contributed by atoms with van der Waals surface area (Å²) in [6, 6.07) is 3.48. The number of amides is 1. The molecule has 2 aliphatic rings. The van der Waals surface area contributed by atoms with Crippen LogP contribution < -0.4 is 5.73 Å². The van der Waals surface area contributed by atoms with E-state index in [1.165, 1.54) is 19.4 Å². The summed E-state index contributed by atoms with van der Waals surface area (Å²) in [7, 11) is 0. The zero-order chi connectivity index (χ0) is 13.2. The molecule has 0 radical (unpaired) electrons. The summed E-state index contributed by atoms with van der Waals surface area (Å²) in [5, 5.41) is 0. The van der Waals surface area contributed by atoms with Crippen LogP contribution in [0.1, 0.15) is 23.3 Å². The third-order valence-corrected chi connectivity index (χ3v) is 3.91. The van der Waals surface area contributed by atoms with E-state index < -0.39 is 0 Å². The first-order chi connectivity index (χ1) is 9.24. The second kappa shape index (κ2) is 5.17. The molecular weight excluding hydrogens is 240 g/mol. The highest BCUT2D eigenvalue weighted by Crippen LogP contribution is 2.30. The van der Waals surface area contributed by atoms with Crippen LogP contribution in [0.15, 0.2) is 18.3 Å². The van der Waals surface area contributed by atoms with Gasteiger partial charge in [-0.05, 0) is 30.9 Å². The number of nitrogen functional groups attached to an aromatic ring is 1. The Hall–Kier alpha value is -1.62. The highest BCUT2D eigenvalue weighted by Gasteiger charge is 2.28. The average Bonchev–Trinajstić information content (AvgIpc) is 3.23. The van der Waals surface area contributed by atoms with Gasteiger partial charge in [0.1, 0.15) is 0 Å². The molecule has 1 aliphatic carbocycles. The van der Waals surface area contributed by atoms with E-state index in [1.807, 2.05) is 4.90 Å². The Kier molecular flexibility index (Phi) is 3.38. The lowest BCUT2D eigenvalue weighted by Gasteiger charge is -2.34. The van der Waals surface area contributed by atoms with Crippen molar-refractivity contribution in [2.24, 2.45) is 5.92 Å². The molecule has 5 nitrogen and oxygen atoms in total. The molecule has 1 aromatic rings. The van der Waals surface area contributed by atoms with Crippen LogP contribution in [0, 0.1) is 5.92 Å². The van der Waals surface area contributed by atoms with E-state index >= 15 is 0 Å².